The van der Waals surface area contributed by atoms with Gasteiger partial charge in [-0.3, -0.25) is 14.4 Å². The van der Waals surface area contributed by atoms with Gasteiger partial charge in [0.15, 0.2) is 0 Å². The number of carbonyl (C=O) groups excluding carboxylic acids is 3. The van der Waals surface area contributed by atoms with E-state index in [4.69, 9.17) is 4.74 Å². The van der Waals surface area contributed by atoms with Crippen molar-refractivity contribution in [3.05, 3.63) is 95.1 Å². The topological polar surface area (TPSA) is 96.5 Å². The van der Waals surface area contributed by atoms with Crippen LogP contribution in [0.5, 0.6) is 5.75 Å². The molecule has 0 aromatic heterocycles. The van der Waals surface area contributed by atoms with Crippen LogP contribution in [0.15, 0.2) is 72.8 Å². The van der Waals surface area contributed by atoms with Gasteiger partial charge in [0.05, 0.1) is 13.5 Å². The molecule has 0 aliphatic rings. The van der Waals surface area contributed by atoms with Crippen LogP contribution in [0.1, 0.15) is 31.8 Å². The quantitative estimate of drug-likeness (QED) is 0.440. The first-order chi connectivity index (χ1) is 15.9. The van der Waals surface area contributed by atoms with E-state index < -0.39 is 0 Å². The zero-order chi connectivity index (χ0) is 23.6. The van der Waals surface area contributed by atoms with Crippen LogP contribution < -0.4 is 20.7 Å². The van der Waals surface area contributed by atoms with E-state index in [1.54, 1.807) is 43.5 Å². The predicted octanol–water partition coefficient (Wildman–Crippen LogP) is 3.34. The Morgan fingerprint density at radius 1 is 0.727 bits per heavy atom. The minimum Gasteiger partial charge on any atom is -0.497 e. The second kappa shape index (κ2) is 11.5. The number of carbonyl (C=O) groups is 3. The van der Waals surface area contributed by atoms with Crippen molar-refractivity contribution in [3.8, 4) is 5.75 Å². The van der Waals surface area contributed by atoms with Crippen molar-refractivity contribution in [3.63, 3.8) is 0 Å². The van der Waals surface area contributed by atoms with Crippen molar-refractivity contribution in [2.75, 3.05) is 25.5 Å². The third-order valence-electron chi connectivity index (χ3n) is 4.98. The minimum atomic E-state index is -0.254. The van der Waals surface area contributed by atoms with Gasteiger partial charge in [-0.1, -0.05) is 29.8 Å². The Bertz CT molecular complexity index is 1090. The number of benzene rings is 3. The molecule has 170 valence electrons. The van der Waals surface area contributed by atoms with Crippen LogP contribution in [-0.2, 0) is 11.2 Å². The molecule has 3 N–H and O–H groups in total. The highest BCUT2D eigenvalue weighted by Crippen LogP contribution is 2.13. The van der Waals surface area contributed by atoms with Crippen LogP contribution in [-0.4, -0.2) is 37.9 Å². The fourth-order valence-electron chi connectivity index (χ4n) is 3.08. The average molecular weight is 446 g/mol. The summed E-state index contributed by atoms with van der Waals surface area (Å²) in [7, 11) is 1.59. The van der Waals surface area contributed by atoms with E-state index in [1.807, 2.05) is 43.3 Å². The number of rotatable bonds is 9. The molecule has 3 rings (SSSR count). The van der Waals surface area contributed by atoms with Gasteiger partial charge in [-0.2, -0.15) is 0 Å². The van der Waals surface area contributed by atoms with Gasteiger partial charge in [-0.15, -0.1) is 0 Å². The van der Waals surface area contributed by atoms with Gasteiger partial charge < -0.3 is 20.7 Å². The highest BCUT2D eigenvalue weighted by molar-refractivity contribution is 6.04. The SMILES string of the molecule is COc1ccc(CC(=O)NCCNC(=O)c2ccc(NC(=O)c3ccc(C)cc3)cc2)cc1. The highest BCUT2D eigenvalue weighted by atomic mass is 16.5. The lowest BCUT2D eigenvalue weighted by atomic mass is 10.1. The zero-order valence-electron chi connectivity index (χ0n) is 18.7. The number of hydrogen-bond donors (Lipinski definition) is 3. The Hall–Kier alpha value is -4.13. The van der Waals surface area contributed by atoms with Crippen LogP contribution in [0.4, 0.5) is 5.69 Å². The van der Waals surface area contributed by atoms with Gasteiger partial charge in [0, 0.05) is 29.9 Å². The Balaban J connectivity index is 1.39. The highest BCUT2D eigenvalue weighted by Gasteiger charge is 2.09. The Morgan fingerprint density at radius 3 is 1.94 bits per heavy atom. The summed E-state index contributed by atoms with van der Waals surface area (Å²) in [5.74, 6) is 0.153. The van der Waals surface area contributed by atoms with E-state index in [1.165, 1.54) is 0 Å². The summed E-state index contributed by atoms with van der Waals surface area (Å²) < 4.78 is 5.10. The first kappa shape index (κ1) is 23.5. The fourth-order valence-corrected chi connectivity index (χ4v) is 3.08. The van der Waals surface area contributed by atoms with E-state index in [0.29, 0.717) is 29.9 Å². The molecule has 0 atom stereocenters. The molecule has 33 heavy (non-hydrogen) atoms. The summed E-state index contributed by atoms with van der Waals surface area (Å²) in [5.41, 5.74) is 3.60. The molecule has 0 saturated carbocycles. The first-order valence-corrected chi connectivity index (χ1v) is 10.6. The third kappa shape index (κ3) is 7.21. The molecular weight excluding hydrogens is 418 g/mol. The number of aryl methyl sites for hydroxylation is 1. The molecular formula is C26H27N3O4. The molecule has 7 heteroatoms. The third-order valence-corrected chi connectivity index (χ3v) is 4.98. The van der Waals surface area contributed by atoms with Crippen LogP contribution in [0.2, 0.25) is 0 Å². The number of methoxy groups -OCH3 is 1. The average Bonchev–Trinajstić information content (AvgIpc) is 2.83. The summed E-state index contributed by atoms with van der Waals surface area (Å²) >= 11 is 0. The van der Waals surface area contributed by atoms with E-state index in [0.717, 1.165) is 16.9 Å². The van der Waals surface area contributed by atoms with Crippen LogP contribution in [0.25, 0.3) is 0 Å². The lowest BCUT2D eigenvalue weighted by Crippen LogP contribution is -2.35. The van der Waals surface area contributed by atoms with Crippen molar-refractivity contribution >= 4 is 23.4 Å². The summed E-state index contributed by atoms with van der Waals surface area (Å²) in [4.78, 5) is 36.6. The molecule has 0 aliphatic heterocycles. The van der Waals surface area contributed by atoms with Gasteiger partial charge in [-0.25, -0.2) is 0 Å². The van der Waals surface area contributed by atoms with E-state index >= 15 is 0 Å². The molecule has 3 aromatic rings. The minimum absolute atomic E-state index is 0.122. The number of amides is 3. The van der Waals surface area contributed by atoms with Gasteiger partial charge >= 0.3 is 0 Å². The summed E-state index contributed by atoms with van der Waals surface area (Å²) in [6.07, 6.45) is 0.258. The smallest absolute Gasteiger partial charge is 0.255 e. The number of nitrogens with one attached hydrogen (secondary N) is 3. The summed E-state index contributed by atoms with van der Waals surface area (Å²) in [5, 5.41) is 8.36. The fraction of sp³-hybridized carbons (Fsp3) is 0.192. The summed E-state index contributed by atoms with van der Waals surface area (Å²) in [6.45, 7) is 2.59. The number of ether oxygens (including phenoxy) is 1. The molecule has 0 unspecified atom stereocenters. The maximum atomic E-state index is 12.3. The van der Waals surface area contributed by atoms with Crippen molar-refractivity contribution < 1.29 is 19.1 Å². The van der Waals surface area contributed by atoms with Crippen molar-refractivity contribution in [2.45, 2.75) is 13.3 Å². The molecule has 0 saturated heterocycles. The molecule has 3 amide bonds. The number of anilines is 1. The Morgan fingerprint density at radius 2 is 1.30 bits per heavy atom. The molecule has 0 heterocycles. The standard InChI is InChI=1S/C26H27N3O4/c1-18-3-7-21(8-4-18)26(32)29-22-11-9-20(10-12-22)25(31)28-16-15-27-24(30)17-19-5-13-23(33-2)14-6-19/h3-14H,15-17H2,1-2H3,(H,27,30)(H,28,31)(H,29,32). The van der Waals surface area contributed by atoms with E-state index in [2.05, 4.69) is 16.0 Å². The maximum Gasteiger partial charge on any atom is 0.255 e. The molecule has 0 spiro atoms. The first-order valence-electron chi connectivity index (χ1n) is 10.6. The number of hydrogen-bond acceptors (Lipinski definition) is 4. The largest absolute Gasteiger partial charge is 0.497 e. The maximum absolute atomic E-state index is 12.3. The molecule has 0 fully saturated rings. The van der Waals surface area contributed by atoms with Gasteiger partial charge in [-0.05, 0) is 61.0 Å². The van der Waals surface area contributed by atoms with Crippen LogP contribution in [0, 0.1) is 6.92 Å². The van der Waals surface area contributed by atoms with Crippen molar-refractivity contribution in [1.29, 1.82) is 0 Å². The van der Waals surface area contributed by atoms with Gasteiger partial charge in [0.1, 0.15) is 5.75 Å². The van der Waals surface area contributed by atoms with Crippen LogP contribution in [0.3, 0.4) is 0 Å². The molecule has 7 nitrogen and oxygen atoms in total. The lowest BCUT2D eigenvalue weighted by molar-refractivity contribution is -0.120. The zero-order valence-corrected chi connectivity index (χ0v) is 18.7. The second-order valence-electron chi connectivity index (χ2n) is 7.53. The molecule has 0 bridgehead atoms. The molecule has 3 aromatic carbocycles. The molecule has 0 radical (unpaired) electrons. The van der Waals surface area contributed by atoms with Crippen molar-refractivity contribution in [1.82, 2.24) is 10.6 Å². The second-order valence-corrected chi connectivity index (χ2v) is 7.53. The van der Waals surface area contributed by atoms with E-state index in [-0.39, 0.29) is 24.1 Å². The lowest BCUT2D eigenvalue weighted by Gasteiger charge is -2.09. The van der Waals surface area contributed by atoms with Gasteiger partial charge in [0.25, 0.3) is 11.8 Å². The normalized spacial score (nSPS) is 10.2. The molecule has 0 aliphatic carbocycles. The Kier molecular flexibility index (Phi) is 8.18. The van der Waals surface area contributed by atoms with Crippen LogP contribution >= 0.6 is 0 Å². The van der Waals surface area contributed by atoms with Crippen molar-refractivity contribution in [2.24, 2.45) is 0 Å². The summed E-state index contributed by atoms with van der Waals surface area (Å²) in [6, 6.07) is 21.2. The Labute approximate surface area is 193 Å². The predicted molar refractivity (Wildman–Crippen MR) is 128 cm³/mol. The van der Waals surface area contributed by atoms with E-state index in [9.17, 15) is 14.4 Å². The monoisotopic (exact) mass is 445 g/mol. The van der Waals surface area contributed by atoms with Gasteiger partial charge in [0.2, 0.25) is 5.91 Å².